The molecule has 0 bridgehead atoms. The van der Waals surface area contributed by atoms with Crippen LogP contribution in [-0.2, 0) is 4.79 Å². The fraction of sp³-hybridized carbons (Fsp3) is 0.500. The Morgan fingerprint density at radius 2 is 2.50 bits per heavy atom. The first-order chi connectivity index (χ1) is 4.38. The molecule has 0 unspecified atom stereocenters. The normalized spacial score (nSPS) is 28.6. The van der Waals surface area contributed by atoms with E-state index in [1.54, 1.807) is 4.90 Å². The van der Waals surface area contributed by atoms with Gasteiger partial charge < -0.3 is 4.90 Å². The largest absolute Gasteiger partial charge is 0.306 e. The molecule has 0 aromatic heterocycles. The Kier molecular flexibility index (Phi) is 3.47. The summed E-state index contributed by atoms with van der Waals surface area (Å²) in [7, 11) is 0. The van der Waals surface area contributed by atoms with E-state index in [1.807, 2.05) is 24.0 Å². The minimum Gasteiger partial charge on any atom is -0.306 e. The molecule has 2 nitrogen and oxygen atoms in total. The van der Waals surface area contributed by atoms with E-state index in [2.05, 4.69) is 0 Å². The van der Waals surface area contributed by atoms with Gasteiger partial charge in [-0.05, 0) is 0 Å². The number of nitrogens with zero attached hydrogens (tertiary/aromatic N) is 1. The topological polar surface area (TPSA) is 20.3 Å². The van der Waals surface area contributed by atoms with Crippen LogP contribution in [0.2, 0.25) is 0 Å². The molecule has 0 N–H and O–H groups in total. The Labute approximate surface area is 107 Å². The van der Waals surface area contributed by atoms with Crippen molar-refractivity contribution in [2.24, 2.45) is 0 Å². The number of fused-ring (bicyclic) bond motifs is 1. The molecule has 0 aromatic carbocycles. The van der Waals surface area contributed by atoms with Crippen molar-refractivity contribution < 1.29 is 4.79 Å². The van der Waals surface area contributed by atoms with Gasteiger partial charge in [-0.15, -0.1) is 11.8 Å². The van der Waals surface area contributed by atoms with Gasteiger partial charge in [0.2, 0.25) is 5.91 Å². The summed E-state index contributed by atoms with van der Waals surface area (Å²) in [6.07, 6.45) is 4.67. The van der Waals surface area contributed by atoms with Crippen LogP contribution in [0.25, 0.3) is 0 Å². The van der Waals surface area contributed by atoms with Crippen molar-refractivity contribution in [3.05, 3.63) is 12.3 Å². The Bertz CT molecular complexity index is 183. The number of hydrogen-bond donors (Lipinski definition) is 0. The molecule has 0 saturated carbocycles. The van der Waals surface area contributed by atoms with Crippen LogP contribution in [0.5, 0.6) is 0 Å². The van der Waals surface area contributed by atoms with Crippen LogP contribution in [0, 0.1) is 0 Å². The van der Waals surface area contributed by atoms with E-state index in [4.69, 9.17) is 0 Å². The fourth-order valence-corrected chi connectivity index (χ4v) is 2.07. The molecule has 1 atom stereocenters. The summed E-state index contributed by atoms with van der Waals surface area (Å²) >= 11 is 1.84. The van der Waals surface area contributed by atoms with Crippen molar-refractivity contribution >= 4 is 69.1 Å². The first-order valence-corrected chi connectivity index (χ1v) is 4.02. The first kappa shape index (κ1) is 9.29. The molecule has 2 aliphatic heterocycles. The number of rotatable bonds is 0. The zero-order chi connectivity index (χ0) is 6.27. The van der Waals surface area contributed by atoms with E-state index < -0.39 is 0 Å². The number of carbonyl (C=O) groups excluding carboxylic acids is 1. The molecule has 2 heterocycles. The second kappa shape index (κ2) is 3.73. The molecule has 1 saturated heterocycles. The summed E-state index contributed by atoms with van der Waals surface area (Å²) in [5.41, 5.74) is 0. The van der Waals surface area contributed by atoms with Gasteiger partial charge in [0.25, 0.3) is 0 Å². The zero-order valence-electron chi connectivity index (χ0n) is 5.91. The second-order valence-corrected chi connectivity index (χ2v) is 3.39. The van der Waals surface area contributed by atoms with E-state index >= 15 is 0 Å². The average molecular weight is 180 g/mol. The average Bonchev–Trinajstić information content (AvgIpc) is 1.86. The molecule has 1 fully saturated rings. The summed E-state index contributed by atoms with van der Waals surface area (Å²) < 4.78 is 0. The molecule has 10 heavy (non-hydrogen) atoms. The Morgan fingerprint density at radius 3 is 3.00 bits per heavy atom. The van der Waals surface area contributed by atoms with Crippen LogP contribution < -0.4 is 0 Å². The smallest absolute Gasteiger partial charge is 0.230 e. The summed E-state index contributed by atoms with van der Waals surface area (Å²) in [5, 5.41) is 0.475. The third kappa shape index (κ3) is 1.51. The van der Waals surface area contributed by atoms with Crippen molar-refractivity contribution in [1.29, 1.82) is 0 Å². The van der Waals surface area contributed by atoms with Crippen molar-refractivity contribution in [3.63, 3.8) is 0 Å². The maximum atomic E-state index is 10.7. The van der Waals surface area contributed by atoms with Gasteiger partial charge in [0.05, 0.1) is 11.8 Å². The van der Waals surface area contributed by atoms with Crippen molar-refractivity contribution in [1.82, 2.24) is 4.90 Å². The van der Waals surface area contributed by atoms with Crippen LogP contribution in [0.3, 0.4) is 0 Å². The minimum atomic E-state index is 0. The van der Waals surface area contributed by atoms with Crippen LogP contribution in [-0.4, -0.2) is 73.3 Å². The molecule has 0 spiro atoms. The van der Waals surface area contributed by atoms with Gasteiger partial charge in [0, 0.05) is 63.3 Å². The summed E-state index contributed by atoms with van der Waals surface area (Å²) in [5.74, 6) is 1.33. The van der Waals surface area contributed by atoms with Crippen molar-refractivity contribution in [2.75, 3.05) is 5.75 Å². The minimum absolute atomic E-state index is 0. The van der Waals surface area contributed by atoms with E-state index in [1.165, 1.54) is 0 Å². The van der Waals surface area contributed by atoms with Gasteiger partial charge in [-0.2, -0.15) is 0 Å². The third-order valence-corrected chi connectivity index (χ3v) is 2.76. The standard InChI is InChI=1S/C6H7NOS.K/c8-5-4-6-7(5)2-1-3-9-6;/h1-2,6H,3-4H2;/t6-;/m1./s1. The predicted octanol–water partition coefficient (Wildman–Crippen LogP) is 0.424. The van der Waals surface area contributed by atoms with Crippen molar-refractivity contribution in [2.45, 2.75) is 11.8 Å². The molecule has 2 aliphatic rings. The first-order valence-electron chi connectivity index (χ1n) is 2.97. The Balaban J connectivity index is 0.000000500. The van der Waals surface area contributed by atoms with Crippen LogP contribution in [0.4, 0.5) is 0 Å². The molecular formula is C6H7KNOS. The van der Waals surface area contributed by atoms with Crippen LogP contribution in [0.15, 0.2) is 12.3 Å². The van der Waals surface area contributed by atoms with E-state index in [0.717, 1.165) is 12.2 Å². The Morgan fingerprint density at radius 1 is 1.70 bits per heavy atom. The van der Waals surface area contributed by atoms with Crippen molar-refractivity contribution in [3.8, 4) is 0 Å². The van der Waals surface area contributed by atoms with E-state index in [9.17, 15) is 4.79 Å². The van der Waals surface area contributed by atoms with Crippen LogP contribution in [0.1, 0.15) is 6.42 Å². The molecule has 4 heteroatoms. The van der Waals surface area contributed by atoms with Gasteiger partial charge in [-0.25, -0.2) is 0 Å². The van der Waals surface area contributed by atoms with Gasteiger partial charge >= 0.3 is 0 Å². The number of hydrogen-bond acceptors (Lipinski definition) is 2. The monoisotopic (exact) mass is 180 g/mol. The maximum absolute atomic E-state index is 10.7. The molecule has 2 rings (SSSR count). The molecule has 1 amide bonds. The molecular weight excluding hydrogens is 173 g/mol. The molecule has 49 valence electrons. The number of β-lactam (4-membered cyclic amide) rings is 1. The van der Waals surface area contributed by atoms with Crippen LogP contribution >= 0.6 is 11.8 Å². The number of thioether (sulfide) groups is 1. The van der Waals surface area contributed by atoms with Gasteiger partial charge in [0.15, 0.2) is 0 Å². The van der Waals surface area contributed by atoms with Gasteiger partial charge in [-0.1, -0.05) is 6.08 Å². The summed E-state index contributed by atoms with van der Waals surface area (Å²) in [6.45, 7) is 0. The summed E-state index contributed by atoms with van der Waals surface area (Å²) in [4.78, 5) is 12.5. The quantitative estimate of drug-likeness (QED) is 0.398. The predicted molar refractivity (Wildman–Crippen MR) is 42.6 cm³/mol. The number of carbonyl (C=O) groups is 1. The Hall–Kier alpha value is 1.20. The SMILES string of the molecule is O=C1C[C@H]2SCC=CN12.[K]. The number of amides is 1. The molecule has 0 aromatic rings. The molecule has 0 aliphatic carbocycles. The third-order valence-electron chi connectivity index (χ3n) is 1.60. The van der Waals surface area contributed by atoms with E-state index in [0.29, 0.717) is 5.37 Å². The fourth-order valence-electron chi connectivity index (χ4n) is 1.04. The molecule has 1 radical (unpaired) electrons. The van der Waals surface area contributed by atoms with Gasteiger partial charge in [0.1, 0.15) is 0 Å². The second-order valence-electron chi connectivity index (χ2n) is 2.18. The van der Waals surface area contributed by atoms with Gasteiger partial charge in [-0.3, -0.25) is 4.79 Å². The van der Waals surface area contributed by atoms with E-state index in [-0.39, 0.29) is 57.3 Å². The zero-order valence-corrected chi connectivity index (χ0v) is 9.85. The maximum Gasteiger partial charge on any atom is 0.230 e. The summed E-state index contributed by atoms with van der Waals surface area (Å²) in [6, 6.07) is 0.